The van der Waals surface area contributed by atoms with Crippen molar-refractivity contribution in [2.24, 2.45) is 0 Å². The van der Waals surface area contributed by atoms with Crippen LogP contribution in [0.5, 0.6) is 17.2 Å². The maximum Gasteiger partial charge on any atom is 0.125 e. The molecule has 0 aromatic carbocycles. The van der Waals surface area contributed by atoms with Crippen LogP contribution in [0.3, 0.4) is 0 Å². The van der Waals surface area contributed by atoms with Crippen molar-refractivity contribution in [3.63, 3.8) is 0 Å². The number of pyridine rings is 3. The van der Waals surface area contributed by atoms with Gasteiger partial charge in [0.15, 0.2) is 0 Å². The first-order valence-corrected chi connectivity index (χ1v) is 21.1. The number of halogens is 1. The predicted octanol–water partition coefficient (Wildman–Crippen LogP) is 3.57. The fraction of sp³-hybridized carbons (Fsp3) is 0.533. The summed E-state index contributed by atoms with van der Waals surface area (Å²) in [6.07, 6.45) is 0. The topological polar surface area (TPSA) is 170 Å². The number of aromatic nitrogens is 3. The molecule has 1 N–H and O–H groups in total. The first-order valence-electron chi connectivity index (χ1n) is 20.0. The van der Waals surface area contributed by atoms with Gasteiger partial charge in [-0.2, -0.15) is 0 Å². The molecule has 3 rings (SSSR count). The third kappa shape index (κ3) is 25.7. The van der Waals surface area contributed by atoms with Gasteiger partial charge in [-0.3, -0.25) is 0 Å². The summed E-state index contributed by atoms with van der Waals surface area (Å²) in [6.45, 7) is 10.9. The van der Waals surface area contributed by atoms with Gasteiger partial charge < -0.3 is 61.9 Å². The van der Waals surface area contributed by atoms with Crippen LogP contribution in [0.25, 0.3) is 0 Å². The second-order valence-corrected chi connectivity index (χ2v) is 14.3. The smallest absolute Gasteiger partial charge is 0.125 e. The van der Waals surface area contributed by atoms with Crippen LogP contribution in [0.1, 0.15) is 42.3 Å². The molecule has 0 saturated carbocycles. The van der Waals surface area contributed by atoms with Gasteiger partial charge in [0.2, 0.25) is 0 Å². The Labute approximate surface area is 379 Å². The maximum absolute atomic E-state index is 10.2. The summed E-state index contributed by atoms with van der Waals surface area (Å²) in [5.74, 6) is 19.6. The normalized spacial score (nSPS) is 10.9. The molecule has 0 saturated heterocycles. The van der Waals surface area contributed by atoms with Crippen LogP contribution in [0, 0.1) is 39.2 Å². The van der Waals surface area contributed by atoms with E-state index in [2.05, 4.69) is 73.1 Å². The van der Waals surface area contributed by atoms with Crippen molar-refractivity contribution < 1.29 is 61.9 Å². The van der Waals surface area contributed by atoms with E-state index in [1.54, 1.807) is 65.5 Å². The van der Waals surface area contributed by atoms with Gasteiger partial charge in [-0.15, -0.1) is 0 Å². The number of rotatable bonds is 30. The Morgan fingerprint density at radius 3 is 1.02 bits per heavy atom. The monoisotopic (exact) mass is 975 g/mol. The highest BCUT2D eigenvalue weighted by Gasteiger charge is 2.09. The molecular formula is C45H58IN3O13. The Morgan fingerprint density at radius 1 is 0.419 bits per heavy atom. The molecule has 0 amide bonds. The molecule has 0 aliphatic heterocycles. The summed E-state index contributed by atoms with van der Waals surface area (Å²) < 4.78 is 66.7. The minimum absolute atomic E-state index is 0.264. The molecule has 17 heteroatoms. The highest BCUT2D eigenvalue weighted by atomic mass is 127. The van der Waals surface area contributed by atoms with Gasteiger partial charge in [0.05, 0.1) is 99.1 Å². The lowest BCUT2D eigenvalue weighted by Crippen LogP contribution is -2.14. The fourth-order valence-corrected chi connectivity index (χ4v) is 5.14. The van der Waals surface area contributed by atoms with Crippen molar-refractivity contribution in [3.8, 4) is 52.8 Å². The summed E-state index contributed by atoms with van der Waals surface area (Å²) in [6, 6.07) is 10.4. The molecule has 338 valence electrons. The van der Waals surface area contributed by atoms with E-state index in [0.717, 1.165) is 0 Å². The molecule has 0 radical (unpaired) electrons. The lowest BCUT2D eigenvalue weighted by atomic mass is 10.1. The van der Waals surface area contributed by atoms with Crippen molar-refractivity contribution in [3.05, 3.63) is 68.6 Å². The Morgan fingerprint density at radius 2 is 0.694 bits per heavy atom. The molecule has 62 heavy (non-hydrogen) atoms. The fourth-order valence-electron chi connectivity index (χ4n) is 4.58. The standard InChI is InChI=1S/C45H58IN3O13/c1-45(2,50)11-10-40-34-42(61-28-25-58-22-19-55-16-13-52-4)32-38(48-40)7-6-36-30-41(60-27-24-57-21-18-54-15-12-51-3)31-37(47-36)8-9-39-33-43(35-44(46)49-39)62-29-26-59-23-20-56-17-14-53-5/h30-35,50H,12-29H2,1-5H3. The number of hydrogen-bond acceptors (Lipinski definition) is 16. The van der Waals surface area contributed by atoms with E-state index in [1.807, 2.05) is 6.07 Å². The van der Waals surface area contributed by atoms with Crippen LogP contribution in [0.15, 0.2) is 36.4 Å². The third-order valence-corrected chi connectivity index (χ3v) is 7.95. The Balaban J connectivity index is 1.78. The van der Waals surface area contributed by atoms with E-state index in [9.17, 15) is 5.11 Å². The second-order valence-electron chi connectivity index (χ2n) is 13.2. The van der Waals surface area contributed by atoms with Crippen molar-refractivity contribution in [1.29, 1.82) is 0 Å². The Hall–Kier alpha value is -4.14. The molecule has 3 aromatic heterocycles. The van der Waals surface area contributed by atoms with E-state index in [1.165, 1.54) is 0 Å². The van der Waals surface area contributed by atoms with Gasteiger partial charge >= 0.3 is 0 Å². The van der Waals surface area contributed by atoms with E-state index < -0.39 is 5.60 Å². The average Bonchev–Trinajstić information content (AvgIpc) is 3.25. The third-order valence-electron chi connectivity index (χ3n) is 7.40. The molecule has 0 aliphatic carbocycles. The lowest BCUT2D eigenvalue weighted by Gasteiger charge is -2.09. The molecular weight excluding hydrogens is 917 g/mol. The number of hydrogen-bond donors (Lipinski definition) is 1. The van der Waals surface area contributed by atoms with Gasteiger partial charge in [-0.25, -0.2) is 15.0 Å². The van der Waals surface area contributed by atoms with Gasteiger partial charge in [0, 0.05) is 57.7 Å². The van der Waals surface area contributed by atoms with Crippen LogP contribution < -0.4 is 14.2 Å². The van der Waals surface area contributed by atoms with Gasteiger partial charge in [-0.1, -0.05) is 5.92 Å². The minimum atomic E-state index is -1.23. The van der Waals surface area contributed by atoms with Crippen LogP contribution in [-0.2, 0) is 42.6 Å². The highest BCUT2D eigenvalue weighted by Crippen LogP contribution is 2.18. The van der Waals surface area contributed by atoms with Gasteiger partial charge in [0.1, 0.15) is 74.8 Å². The van der Waals surface area contributed by atoms with Crippen molar-refractivity contribution >= 4 is 22.6 Å². The van der Waals surface area contributed by atoms with Crippen molar-refractivity contribution in [2.75, 3.05) is 140 Å². The van der Waals surface area contributed by atoms with Crippen LogP contribution in [0.4, 0.5) is 0 Å². The summed E-state index contributed by atoms with van der Waals surface area (Å²) in [4.78, 5) is 13.8. The zero-order chi connectivity index (χ0) is 44.5. The quantitative estimate of drug-likeness (QED) is 0.0445. The number of ether oxygens (including phenoxy) is 12. The molecule has 0 fully saturated rings. The molecule has 16 nitrogen and oxygen atoms in total. The largest absolute Gasteiger partial charge is 0.491 e. The first kappa shape index (κ1) is 52.2. The van der Waals surface area contributed by atoms with E-state index in [4.69, 9.17) is 56.8 Å². The summed E-state index contributed by atoms with van der Waals surface area (Å²) in [5, 5.41) is 10.2. The molecule has 3 heterocycles. The molecule has 3 aromatic rings. The van der Waals surface area contributed by atoms with Crippen LogP contribution in [0.2, 0.25) is 0 Å². The van der Waals surface area contributed by atoms with Crippen LogP contribution >= 0.6 is 22.6 Å². The predicted molar refractivity (Wildman–Crippen MR) is 238 cm³/mol. The molecule has 0 bridgehead atoms. The number of aliphatic hydroxyl groups is 1. The van der Waals surface area contributed by atoms with E-state index in [-0.39, 0.29) is 13.2 Å². The molecule has 0 atom stereocenters. The second kappa shape index (κ2) is 32.5. The molecule has 0 unspecified atom stereocenters. The SMILES string of the molecule is COCCOCCOCCOc1cc(I)nc(C#Cc2cc(OCCOCCOCCOC)cc(C#Cc3cc(OCCOCCOCCOC)cc(C#CC(C)(C)O)n3)n2)c1. The Kier molecular flexibility index (Phi) is 27.4. The van der Waals surface area contributed by atoms with Crippen molar-refractivity contribution in [1.82, 2.24) is 15.0 Å². The lowest BCUT2D eigenvalue weighted by molar-refractivity contribution is 0.0179. The van der Waals surface area contributed by atoms with Gasteiger partial charge in [0.25, 0.3) is 0 Å². The first-order chi connectivity index (χ1) is 30.2. The molecule has 0 spiro atoms. The number of methoxy groups -OCH3 is 3. The van der Waals surface area contributed by atoms with Crippen LogP contribution in [-0.4, -0.2) is 166 Å². The molecule has 0 aliphatic rings. The highest BCUT2D eigenvalue weighted by molar-refractivity contribution is 14.1. The van der Waals surface area contributed by atoms with Crippen molar-refractivity contribution in [2.45, 2.75) is 19.4 Å². The number of nitrogens with zero attached hydrogens (tertiary/aromatic N) is 3. The van der Waals surface area contributed by atoms with E-state index >= 15 is 0 Å². The summed E-state index contributed by atoms with van der Waals surface area (Å²) in [5.41, 5.74) is 0.768. The minimum Gasteiger partial charge on any atom is -0.491 e. The summed E-state index contributed by atoms with van der Waals surface area (Å²) >= 11 is 2.12. The zero-order valence-electron chi connectivity index (χ0n) is 36.3. The zero-order valence-corrected chi connectivity index (χ0v) is 38.4. The maximum atomic E-state index is 10.2. The Bertz CT molecular complexity index is 1910. The average molecular weight is 976 g/mol. The van der Waals surface area contributed by atoms with E-state index in [0.29, 0.717) is 155 Å². The summed E-state index contributed by atoms with van der Waals surface area (Å²) in [7, 11) is 4.88. The van der Waals surface area contributed by atoms with Gasteiger partial charge in [-0.05, 0) is 66.0 Å².